The molecular formula is C16H25FN2O. The van der Waals surface area contributed by atoms with Crippen LogP contribution >= 0.6 is 0 Å². The maximum absolute atomic E-state index is 12.9. The molecule has 0 fully saturated rings. The van der Waals surface area contributed by atoms with E-state index >= 15 is 0 Å². The van der Waals surface area contributed by atoms with Crippen molar-refractivity contribution < 1.29 is 9.18 Å². The zero-order valence-corrected chi connectivity index (χ0v) is 12.6. The zero-order chi connectivity index (χ0) is 15.0. The minimum atomic E-state index is -0.244. The summed E-state index contributed by atoms with van der Waals surface area (Å²) < 4.78 is 12.9. The van der Waals surface area contributed by atoms with Crippen molar-refractivity contribution in [2.24, 2.45) is 0 Å². The van der Waals surface area contributed by atoms with E-state index in [4.69, 9.17) is 0 Å². The smallest absolute Gasteiger partial charge is 0.314 e. The molecule has 0 atom stereocenters. The van der Waals surface area contributed by atoms with Crippen LogP contribution in [0.1, 0.15) is 45.6 Å². The topological polar surface area (TPSA) is 41.1 Å². The highest BCUT2D eigenvalue weighted by atomic mass is 19.1. The predicted octanol–water partition coefficient (Wildman–Crippen LogP) is 3.59. The van der Waals surface area contributed by atoms with Crippen molar-refractivity contribution in [2.45, 2.75) is 45.4 Å². The maximum atomic E-state index is 12.9. The van der Waals surface area contributed by atoms with Crippen molar-refractivity contribution in [1.29, 1.82) is 0 Å². The fraction of sp³-hybridized carbons (Fsp3) is 0.562. The van der Waals surface area contributed by atoms with Crippen LogP contribution in [0.3, 0.4) is 0 Å². The molecular weight excluding hydrogens is 255 g/mol. The monoisotopic (exact) mass is 280 g/mol. The second kappa shape index (κ2) is 7.88. The Morgan fingerprint density at radius 2 is 1.80 bits per heavy atom. The largest absolute Gasteiger partial charge is 0.338 e. The molecule has 0 saturated heterocycles. The lowest BCUT2D eigenvalue weighted by Crippen LogP contribution is -2.42. The van der Waals surface area contributed by atoms with Crippen molar-refractivity contribution in [1.82, 2.24) is 10.6 Å². The van der Waals surface area contributed by atoms with Crippen molar-refractivity contribution in [2.75, 3.05) is 13.1 Å². The summed E-state index contributed by atoms with van der Waals surface area (Å²) >= 11 is 0. The fourth-order valence-corrected chi connectivity index (χ4v) is 1.94. The van der Waals surface area contributed by atoms with Gasteiger partial charge in [0.05, 0.1) is 0 Å². The molecule has 0 aromatic heterocycles. The Kier molecular flexibility index (Phi) is 6.49. The highest BCUT2D eigenvalue weighted by Gasteiger charge is 2.21. The number of nitrogens with one attached hydrogen (secondary N) is 2. The van der Waals surface area contributed by atoms with Crippen molar-refractivity contribution in [3.63, 3.8) is 0 Å². The molecule has 0 radical (unpaired) electrons. The summed E-state index contributed by atoms with van der Waals surface area (Å²) in [5.74, 6) is -0.244. The third kappa shape index (κ3) is 5.59. The predicted molar refractivity (Wildman–Crippen MR) is 80.4 cm³/mol. The number of hydrogen-bond acceptors (Lipinski definition) is 1. The second-order valence-electron chi connectivity index (χ2n) is 5.71. The lowest BCUT2D eigenvalue weighted by molar-refractivity contribution is 0.238. The Hall–Kier alpha value is -1.58. The number of carbonyl (C=O) groups excluding carboxylic acids is 1. The summed E-state index contributed by atoms with van der Waals surface area (Å²) in [5.41, 5.74) is 0.777. The Morgan fingerprint density at radius 3 is 2.40 bits per heavy atom. The quantitative estimate of drug-likeness (QED) is 0.736. The van der Waals surface area contributed by atoms with Gasteiger partial charge in [-0.3, -0.25) is 0 Å². The molecule has 0 unspecified atom stereocenters. The van der Waals surface area contributed by atoms with E-state index in [1.807, 2.05) is 13.8 Å². The summed E-state index contributed by atoms with van der Waals surface area (Å²) in [6.07, 6.45) is 3.27. The number of benzene rings is 1. The van der Waals surface area contributed by atoms with E-state index in [1.54, 1.807) is 12.1 Å². The summed E-state index contributed by atoms with van der Waals surface area (Å²) in [6.45, 7) is 7.40. The Morgan fingerprint density at radius 1 is 1.15 bits per heavy atom. The van der Waals surface area contributed by atoms with Gasteiger partial charge in [0.25, 0.3) is 0 Å². The van der Waals surface area contributed by atoms with Gasteiger partial charge >= 0.3 is 6.03 Å². The van der Waals surface area contributed by atoms with E-state index < -0.39 is 0 Å². The molecule has 0 spiro atoms. The summed E-state index contributed by atoms with van der Waals surface area (Å²) in [5, 5.41) is 5.71. The molecule has 3 nitrogen and oxygen atoms in total. The highest BCUT2D eigenvalue weighted by Crippen LogP contribution is 2.22. The molecule has 1 aromatic carbocycles. The van der Waals surface area contributed by atoms with E-state index in [0.717, 1.165) is 24.8 Å². The Bertz CT molecular complexity index is 415. The minimum absolute atomic E-state index is 0.142. The van der Waals surface area contributed by atoms with Crippen LogP contribution in [0.5, 0.6) is 0 Å². The number of halogens is 1. The molecule has 0 aliphatic heterocycles. The van der Waals surface area contributed by atoms with Crippen LogP contribution in [-0.4, -0.2) is 19.1 Å². The average molecular weight is 280 g/mol. The van der Waals surface area contributed by atoms with E-state index in [2.05, 4.69) is 17.6 Å². The van der Waals surface area contributed by atoms with Crippen LogP contribution < -0.4 is 10.6 Å². The lowest BCUT2D eigenvalue weighted by atomic mass is 9.84. The first-order valence-electron chi connectivity index (χ1n) is 7.23. The zero-order valence-electron chi connectivity index (χ0n) is 12.6. The number of unbranched alkanes of at least 4 members (excludes halogenated alkanes) is 2. The van der Waals surface area contributed by atoms with Gasteiger partial charge in [-0.05, 0) is 24.1 Å². The average Bonchev–Trinajstić information content (AvgIpc) is 2.42. The van der Waals surface area contributed by atoms with E-state index in [9.17, 15) is 9.18 Å². The Balaban J connectivity index is 2.39. The van der Waals surface area contributed by atoms with Crippen LogP contribution in [0.25, 0.3) is 0 Å². The summed E-state index contributed by atoms with van der Waals surface area (Å²) in [4.78, 5) is 11.7. The van der Waals surface area contributed by atoms with Gasteiger partial charge in [-0.25, -0.2) is 9.18 Å². The standard InChI is InChI=1S/C16H25FN2O/c1-4-5-6-11-18-15(20)19-12-16(2,3)13-7-9-14(17)10-8-13/h7-10H,4-6,11-12H2,1-3H3,(H2,18,19,20). The number of rotatable bonds is 7. The summed E-state index contributed by atoms with van der Waals surface area (Å²) in [6, 6.07) is 6.27. The number of amides is 2. The van der Waals surface area contributed by atoms with Gasteiger partial charge in [0.15, 0.2) is 0 Å². The van der Waals surface area contributed by atoms with Crippen molar-refractivity contribution in [3.8, 4) is 0 Å². The lowest BCUT2D eigenvalue weighted by Gasteiger charge is -2.25. The van der Waals surface area contributed by atoms with Crippen LogP contribution in [0, 0.1) is 5.82 Å². The normalized spacial score (nSPS) is 11.2. The van der Waals surface area contributed by atoms with Crippen molar-refractivity contribution in [3.05, 3.63) is 35.6 Å². The Labute approximate surface area is 121 Å². The van der Waals surface area contributed by atoms with Gasteiger partial charge in [0.1, 0.15) is 5.82 Å². The molecule has 0 saturated carbocycles. The number of hydrogen-bond donors (Lipinski definition) is 2. The molecule has 2 N–H and O–H groups in total. The maximum Gasteiger partial charge on any atom is 0.314 e. The first-order chi connectivity index (χ1) is 9.45. The molecule has 0 bridgehead atoms. The first kappa shape index (κ1) is 16.5. The van der Waals surface area contributed by atoms with Gasteiger partial charge in [-0.2, -0.15) is 0 Å². The fourth-order valence-electron chi connectivity index (χ4n) is 1.94. The molecule has 112 valence electrons. The van der Waals surface area contributed by atoms with Crippen LogP contribution in [-0.2, 0) is 5.41 Å². The van der Waals surface area contributed by atoms with E-state index in [0.29, 0.717) is 13.1 Å². The second-order valence-corrected chi connectivity index (χ2v) is 5.71. The van der Waals surface area contributed by atoms with Gasteiger partial charge in [0, 0.05) is 18.5 Å². The van der Waals surface area contributed by atoms with Gasteiger partial charge < -0.3 is 10.6 Å². The van der Waals surface area contributed by atoms with E-state index in [-0.39, 0.29) is 17.3 Å². The molecule has 1 rings (SSSR count). The van der Waals surface area contributed by atoms with Crippen LogP contribution in [0.15, 0.2) is 24.3 Å². The van der Waals surface area contributed by atoms with Gasteiger partial charge in [-0.1, -0.05) is 45.7 Å². The first-order valence-corrected chi connectivity index (χ1v) is 7.23. The third-order valence-electron chi connectivity index (χ3n) is 3.38. The number of urea groups is 1. The SMILES string of the molecule is CCCCCNC(=O)NCC(C)(C)c1ccc(F)cc1. The molecule has 0 aliphatic rings. The highest BCUT2D eigenvalue weighted by molar-refractivity contribution is 5.73. The summed E-state index contributed by atoms with van der Waals surface area (Å²) in [7, 11) is 0. The van der Waals surface area contributed by atoms with Gasteiger partial charge in [-0.15, -0.1) is 0 Å². The molecule has 4 heteroatoms. The molecule has 1 aromatic rings. The molecule has 0 heterocycles. The minimum Gasteiger partial charge on any atom is -0.338 e. The van der Waals surface area contributed by atoms with Crippen LogP contribution in [0.2, 0.25) is 0 Å². The molecule has 2 amide bonds. The molecule has 20 heavy (non-hydrogen) atoms. The third-order valence-corrected chi connectivity index (χ3v) is 3.38. The van der Waals surface area contributed by atoms with Gasteiger partial charge in [0.2, 0.25) is 0 Å². The molecule has 0 aliphatic carbocycles. The number of carbonyl (C=O) groups is 1. The van der Waals surface area contributed by atoms with Crippen molar-refractivity contribution >= 4 is 6.03 Å². The van der Waals surface area contributed by atoms with E-state index in [1.165, 1.54) is 12.1 Å². The van der Waals surface area contributed by atoms with Crippen LogP contribution in [0.4, 0.5) is 9.18 Å².